The molecule has 2 aromatic rings. The summed E-state index contributed by atoms with van der Waals surface area (Å²) in [7, 11) is 0. The molecule has 0 bridgehead atoms. The lowest BCUT2D eigenvalue weighted by Gasteiger charge is -2.24. The van der Waals surface area contributed by atoms with Gasteiger partial charge in [-0.3, -0.25) is 0 Å². The van der Waals surface area contributed by atoms with Crippen LogP contribution in [-0.2, 0) is 19.1 Å². The summed E-state index contributed by atoms with van der Waals surface area (Å²) < 4.78 is 13.5. The number of benzene rings is 1. The van der Waals surface area contributed by atoms with Crippen LogP contribution in [0.1, 0.15) is 52.0 Å². The average Bonchev–Trinajstić information content (AvgIpc) is 3.28. The molecule has 1 fully saturated rings. The van der Waals surface area contributed by atoms with E-state index in [9.17, 15) is 19.2 Å². The number of ether oxygens (including phenoxy) is 2. The molecule has 1 aromatic carbocycles. The van der Waals surface area contributed by atoms with Gasteiger partial charge in [0.1, 0.15) is 11.4 Å². The third-order valence-electron chi connectivity index (χ3n) is 5.93. The van der Waals surface area contributed by atoms with Crippen LogP contribution in [0.15, 0.2) is 45.5 Å². The minimum absolute atomic E-state index is 0.00495. The summed E-state index contributed by atoms with van der Waals surface area (Å²) in [6, 6.07) is 7.00. The SMILES string of the molecule is CCOC(=O)C1=C(NC2CCCCC2)n2c(=O)n(-c3ccccc3)c(=O)n2C1C(=O)OCC. The molecular weight excluding hydrogens is 428 g/mol. The number of hydrogen-bond donors (Lipinski definition) is 1. The Balaban J connectivity index is 1.95. The molecule has 1 aliphatic heterocycles. The minimum Gasteiger partial charge on any atom is -0.464 e. The Morgan fingerprint density at radius 2 is 1.64 bits per heavy atom. The first-order valence-corrected chi connectivity index (χ1v) is 11.4. The number of nitrogens with zero attached hydrogens (tertiary/aromatic N) is 3. The highest BCUT2D eigenvalue weighted by Gasteiger charge is 2.46. The second kappa shape index (κ2) is 9.51. The highest BCUT2D eigenvalue weighted by atomic mass is 16.5. The number of hydrogen-bond acceptors (Lipinski definition) is 7. The van der Waals surface area contributed by atoms with E-state index in [-0.39, 0.29) is 30.6 Å². The number of rotatable bonds is 7. The van der Waals surface area contributed by atoms with Crippen LogP contribution in [-0.4, -0.2) is 45.1 Å². The number of carbonyl (C=O) groups excluding carboxylic acids is 2. The molecule has 10 nitrogen and oxygen atoms in total. The van der Waals surface area contributed by atoms with Crippen molar-refractivity contribution in [1.82, 2.24) is 19.2 Å². The predicted molar refractivity (Wildman–Crippen MR) is 120 cm³/mol. The van der Waals surface area contributed by atoms with Crippen LogP contribution in [0.3, 0.4) is 0 Å². The van der Waals surface area contributed by atoms with Crippen molar-refractivity contribution in [2.45, 2.75) is 58.0 Å². The maximum absolute atomic E-state index is 13.5. The molecule has 0 radical (unpaired) electrons. The zero-order valence-corrected chi connectivity index (χ0v) is 18.8. The Morgan fingerprint density at radius 3 is 2.27 bits per heavy atom. The summed E-state index contributed by atoms with van der Waals surface area (Å²) in [4.78, 5) is 53.0. The van der Waals surface area contributed by atoms with E-state index in [2.05, 4.69) is 5.32 Å². The summed E-state index contributed by atoms with van der Waals surface area (Å²) in [6.07, 6.45) is 4.83. The quantitative estimate of drug-likeness (QED) is 0.629. The molecule has 33 heavy (non-hydrogen) atoms. The van der Waals surface area contributed by atoms with Crippen molar-refractivity contribution in [1.29, 1.82) is 0 Å². The van der Waals surface area contributed by atoms with Gasteiger partial charge in [-0.05, 0) is 38.8 Å². The van der Waals surface area contributed by atoms with E-state index in [0.29, 0.717) is 5.69 Å². The molecule has 4 rings (SSSR count). The van der Waals surface area contributed by atoms with E-state index in [0.717, 1.165) is 46.0 Å². The van der Waals surface area contributed by atoms with E-state index in [1.165, 1.54) is 0 Å². The van der Waals surface area contributed by atoms with Gasteiger partial charge in [0.15, 0.2) is 6.04 Å². The third-order valence-corrected chi connectivity index (χ3v) is 5.93. The van der Waals surface area contributed by atoms with Crippen LogP contribution >= 0.6 is 0 Å². The van der Waals surface area contributed by atoms with Gasteiger partial charge in [-0.25, -0.2) is 28.4 Å². The van der Waals surface area contributed by atoms with Gasteiger partial charge in [0.25, 0.3) is 0 Å². The molecule has 1 aliphatic carbocycles. The lowest BCUT2D eigenvalue weighted by Crippen LogP contribution is -2.37. The topological polar surface area (TPSA) is 114 Å². The lowest BCUT2D eigenvalue weighted by molar-refractivity contribution is -0.149. The smallest absolute Gasteiger partial charge is 0.358 e. The number of esters is 2. The predicted octanol–water partition coefficient (Wildman–Crippen LogP) is 1.57. The molecule has 1 saturated carbocycles. The monoisotopic (exact) mass is 456 g/mol. The number of nitrogens with one attached hydrogen (secondary N) is 1. The molecule has 1 aromatic heterocycles. The Hall–Kier alpha value is -3.56. The maximum Gasteiger partial charge on any atom is 0.358 e. The number of aromatic nitrogens is 3. The molecule has 176 valence electrons. The molecule has 2 heterocycles. The van der Waals surface area contributed by atoms with Gasteiger partial charge >= 0.3 is 23.3 Å². The van der Waals surface area contributed by atoms with Crippen LogP contribution in [0.2, 0.25) is 0 Å². The third kappa shape index (κ3) is 4.01. The molecule has 1 atom stereocenters. The van der Waals surface area contributed by atoms with Crippen molar-refractivity contribution in [2.24, 2.45) is 0 Å². The van der Waals surface area contributed by atoms with Crippen LogP contribution in [0, 0.1) is 0 Å². The van der Waals surface area contributed by atoms with Crippen molar-refractivity contribution < 1.29 is 19.1 Å². The van der Waals surface area contributed by atoms with Gasteiger partial charge in [0.05, 0.1) is 18.9 Å². The van der Waals surface area contributed by atoms with Crippen molar-refractivity contribution in [3.8, 4) is 5.69 Å². The van der Waals surface area contributed by atoms with Crippen molar-refractivity contribution >= 4 is 17.8 Å². The zero-order valence-electron chi connectivity index (χ0n) is 18.8. The Kier molecular flexibility index (Phi) is 6.52. The van der Waals surface area contributed by atoms with Gasteiger partial charge in [0, 0.05) is 6.04 Å². The molecule has 1 unspecified atom stereocenters. The van der Waals surface area contributed by atoms with Gasteiger partial charge in [-0.2, -0.15) is 4.68 Å². The van der Waals surface area contributed by atoms with Crippen LogP contribution in [0.25, 0.3) is 11.5 Å². The zero-order chi connectivity index (χ0) is 23.5. The first kappa shape index (κ1) is 22.6. The minimum atomic E-state index is -1.43. The molecule has 2 aliphatic rings. The Labute approximate surface area is 190 Å². The van der Waals surface area contributed by atoms with Gasteiger partial charge in [0.2, 0.25) is 0 Å². The average molecular weight is 456 g/mol. The second-order valence-electron chi connectivity index (χ2n) is 8.01. The summed E-state index contributed by atoms with van der Waals surface area (Å²) in [5.41, 5.74) is -1.15. The van der Waals surface area contributed by atoms with Crippen LogP contribution in [0.4, 0.5) is 0 Å². The lowest BCUT2D eigenvalue weighted by atomic mass is 9.95. The first-order chi connectivity index (χ1) is 16.0. The summed E-state index contributed by atoms with van der Waals surface area (Å²) in [6.45, 7) is 3.41. The summed E-state index contributed by atoms with van der Waals surface area (Å²) >= 11 is 0. The van der Waals surface area contributed by atoms with Crippen molar-refractivity contribution in [2.75, 3.05) is 13.2 Å². The standard InChI is InChI=1S/C23H28N4O6/c1-3-32-20(28)17-18(21(29)33-4-2)26-22(30)25(16-13-9-6-10-14-16)23(31)27(26)19(17)24-15-11-7-5-8-12-15/h6,9-10,13-15,18,24H,3-5,7-8,11-12H2,1-2H3. The Morgan fingerprint density at radius 1 is 0.970 bits per heavy atom. The fraction of sp³-hybridized carbons (Fsp3) is 0.478. The Bertz CT molecular complexity index is 1180. The number of fused-ring (bicyclic) bond motifs is 1. The molecule has 0 spiro atoms. The van der Waals surface area contributed by atoms with Crippen LogP contribution < -0.4 is 16.7 Å². The van der Waals surface area contributed by atoms with E-state index < -0.39 is 29.4 Å². The molecule has 10 heteroatoms. The van der Waals surface area contributed by atoms with E-state index in [1.54, 1.807) is 44.2 Å². The summed E-state index contributed by atoms with van der Waals surface area (Å²) in [5, 5.41) is 3.28. The van der Waals surface area contributed by atoms with Gasteiger partial charge in [-0.1, -0.05) is 37.5 Å². The van der Waals surface area contributed by atoms with E-state index in [1.807, 2.05) is 0 Å². The fourth-order valence-corrected chi connectivity index (χ4v) is 4.49. The largest absolute Gasteiger partial charge is 0.464 e. The van der Waals surface area contributed by atoms with Crippen molar-refractivity contribution in [3.05, 3.63) is 56.9 Å². The fourth-order valence-electron chi connectivity index (χ4n) is 4.49. The second-order valence-corrected chi connectivity index (χ2v) is 8.01. The first-order valence-electron chi connectivity index (χ1n) is 11.4. The normalized spacial score (nSPS) is 18.2. The van der Waals surface area contributed by atoms with Gasteiger partial charge < -0.3 is 14.8 Å². The number of carbonyl (C=O) groups is 2. The van der Waals surface area contributed by atoms with Crippen LogP contribution in [0.5, 0.6) is 0 Å². The molecule has 1 N–H and O–H groups in total. The summed E-state index contributed by atoms with van der Waals surface area (Å²) in [5.74, 6) is -1.47. The highest BCUT2D eigenvalue weighted by Crippen LogP contribution is 2.31. The molecular formula is C23H28N4O6. The van der Waals surface area contributed by atoms with Crippen molar-refractivity contribution in [3.63, 3.8) is 0 Å². The van der Waals surface area contributed by atoms with Gasteiger partial charge in [-0.15, -0.1) is 0 Å². The highest BCUT2D eigenvalue weighted by molar-refractivity contribution is 6.02. The van der Waals surface area contributed by atoms with E-state index >= 15 is 0 Å². The van der Waals surface area contributed by atoms with E-state index in [4.69, 9.17) is 9.47 Å². The molecule has 0 amide bonds. The molecule has 0 saturated heterocycles. The maximum atomic E-state index is 13.5. The number of para-hydroxylation sites is 1.